The zero-order chi connectivity index (χ0) is 17.8. The van der Waals surface area contributed by atoms with Crippen LogP contribution in [0.5, 0.6) is 0 Å². The van der Waals surface area contributed by atoms with Gasteiger partial charge >= 0.3 is 0 Å². The second-order valence-electron chi connectivity index (χ2n) is 6.67. The molecule has 0 radical (unpaired) electrons. The van der Waals surface area contributed by atoms with E-state index >= 15 is 0 Å². The minimum absolute atomic E-state index is 0.154. The van der Waals surface area contributed by atoms with Crippen molar-refractivity contribution in [3.63, 3.8) is 0 Å². The average Bonchev–Trinajstić information content (AvgIpc) is 2.62. The zero-order valence-corrected chi connectivity index (χ0v) is 14.5. The highest BCUT2D eigenvalue weighted by atomic mass is 16.2. The van der Waals surface area contributed by atoms with Crippen molar-refractivity contribution in [2.75, 3.05) is 25.0 Å². The van der Waals surface area contributed by atoms with E-state index < -0.39 is 11.9 Å². The summed E-state index contributed by atoms with van der Waals surface area (Å²) < 4.78 is 0. The number of piperidine rings is 2. The van der Waals surface area contributed by atoms with Gasteiger partial charge in [0.05, 0.1) is 17.8 Å². The van der Waals surface area contributed by atoms with Crippen molar-refractivity contribution in [3.05, 3.63) is 24.0 Å². The molecule has 1 atom stereocenters. The molecular weight excluding hydrogens is 320 g/mol. The van der Waals surface area contributed by atoms with E-state index in [0.29, 0.717) is 6.42 Å². The number of nitrogens with zero attached hydrogens (tertiary/aromatic N) is 3. The molecule has 1 unspecified atom stereocenters. The van der Waals surface area contributed by atoms with Gasteiger partial charge in [-0.3, -0.25) is 24.7 Å². The third-order valence-electron chi connectivity index (χ3n) is 4.95. The highest BCUT2D eigenvalue weighted by Crippen LogP contribution is 2.23. The minimum atomic E-state index is -0.590. The van der Waals surface area contributed by atoms with Crippen LogP contribution in [0.3, 0.4) is 0 Å². The van der Waals surface area contributed by atoms with Crippen LogP contribution in [0.25, 0.3) is 0 Å². The number of pyridine rings is 1. The molecule has 0 aliphatic carbocycles. The van der Waals surface area contributed by atoms with Crippen LogP contribution in [0.2, 0.25) is 0 Å². The summed E-state index contributed by atoms with van der Waals surface area (Å²) in [6.07, 6.45) is 6.02. The largest absolute Gasteiger partial charge is 0.370 e. The molecule has 7 nitrogen and oxygen atoms in total. The molecule has 2 fully saturated rings. The Morgan fingerprint density at radius 2 is 2.08 bits per heavy atom. The maximum absolute atomic E-state index is 12.7. The summed E-state index contributed by atoms with van der Waals surface area (Å²) in [6, 6.07) is 3.31. The number of carbonyl (C=O) groups excluding carboxylic acids is 3. The summed E-state index contributed by atoms with van der Waals surface area (Å²) in [6.45, 7) is 1.96. The van der Waals surface area contributed by atoms with Gasteiger partial charge in [0, 0.05) is 32.8 Å². The maximum atomic E-state index is 12.7. The lowest BCUT2D eigenvalue weighted by Gasteiger charge is -2.32. The Balaban J connectivity index is 1.70. The fourth-order valence-electron chi connectivity index (χ4n) is 3.48. The fraction of sp³-hybridized carbons (Fsp3) is 0.556. The SMILES string of the molecule is CN(C(=O)Cc1ncccc1N1CCCCC1)C1CCC(=O)NC1=O. The highest BCUT2D eigenvalue weighted by Gasteiger charge is 2.32. The molecule has 25 heavy (non-hydrogen) atoms. The first-order chi connectivity index (χ1) is 12.1. The third kappa shape index (κ3) is 3.97. The second kappa shape index (κ2) is 7.63. The van der Waals surface area contributed by atoms with Crippen LogP contribution >= 0.6 is 0 Å². The smallest absolute Gasteiger partial charge is 0.249 e. The summed E-state index contributed by atoms with van der Waals surface area (Å²) in [7, 11) is 1.62. The Bertz CT molecular complexity index is 670. The molecule has 0 aromatic carbocycles. The summed E-state index contributed by atoms with van der Waals surface area (Å²) in [5.74, 6) is -0.838. The van der Waals surface area contributed by atoms with Crippen molar-refractivity contribution < 1.29 is 14.4 Å². The molecule has 3 heterocycles. The number of hydrogen-bond donors (Lipinski definition) is 1. The second-order valence-corrected chi connectivity index (χ2v) is 6.67. The van der Waals surface area contributed by atoms with Crippen molar-refractivity contribution >= 4 is 23.4 Å². The molecule has 2 aliphatic heterocycles. The van der Waals surface area contributed by atoms with Crippen LogP contribution in [0.4, 0.5) is 5.69 Å². The van der Waals surface area contributed by atoms with E-state index in [0.717, 1.165) is 37.3 Å². The van der Waals surface area contributed by atoms with Crippen LogP contribution in [-0.2, 0) is 20.8 Å². The van der Waals surface area contributed by atoms with E-state index in [2.05, 4.69) is 15.2 Å². The zero-order valence-electron chi connectivity index (χ0n) is 14.5. The number of likely N-dealkylation sites (N-methyl/N-ethyl adjacent to an activating group) is 1. The van der Waals surface area contributed by atoms with Gasteiger partial charge in [0.2, 0.25) is 17.7 Å². The lowest BCUT2D eigenvalue weighted by Crippen LogP contribution is -2.53. The lowest BCUT2D eigenvalue weighted by molar-refractivity contribution is -0.144. The number of rotatable bonds is 4. The molecule has 2 aliphatic rings. The molecule has 0 spiro atoms. The predicted molar refractivity (Wildman–Crippen MR) is 92.9 cm³/mol. The topological polar surface area (TPSA) is 82.6 Å². The van der Waals surface area contributed by atoms with Gasteiger partial charge in [-0.05, 0) is 37.8 Å². The van der Waals surface area contributed by atoms with Crippen molar-refractivity contribution in [3.8, 4) is 0 Å². The highest BCUT2D eigenvalue weighted by molar-refractivity contribution is 6.01. The summed E-state index contributed by atoms with van der Waals surface area (Å²) in [5, 5.41) is 2.30. The van der Waals surface area contributed by atoms with Crippen LogP contribution in [-0.4, -0.2) is 53.8 Å². The van der Waals surface area contributed by atoms with Crippen LogP contribution in [0.1, 0.15) is 37.8 Å². The Kier molecular flexibility index (Phi) is 5.31. The van der Waals surface area contributed by atoms with Gasteiger partial charge in [-0.2, -0.15) is 0 Å². The van der Waals surface area contributed by atoms with E-state index in [1.807, 2.05) is 12.1 Å². The van der Waals surface area contributed by atoms with E-state index in [9.17, 15) is 14.4 Å². The number of aromatic nitrogens is 1. The van der Waals surface area contributed by atoms with Gasteiger partial charge in [0.25, 0.3) is 0 Å². The van der Waals surface area contributed by atoms with E-state index in [4.69, 9.17) is 0 Å². The monoisotopic (exact) mass is 344 g/mol. The molecule has 0 bridgehead atoms. The lowest BCUT2D eigenvalue weighted by atomic mass is 10.0. The number of anilines is 1. The van der Waals surface area contributed by atoms with Gasteiger partial charge in [0.1, 0.15) is 6.04 Å². The van der Waals surface area contributed by atoms with E-state index in [1.54, 1.807) is 13.2 Å². The van der Waals surface area contributed by atoms with Gasteiger partial charge in [-0.25, -0.2) is 0 Å². The number of nitrogens with one attached hydrogen (secondary N) is 1. The Morgan fingerprint density at radius 3 is 2.80 bits per heavy atom. The van der Waals surface area contributed by atoms with Gasteiger partial charge < -0.3 is 9.80 Å². The molecular formula is C18H24N4O3. The number of imide groups is 1. The van der Waals surface area contributed by atoms with Gasteiger partial charge in [-0.15, -0.1) is 0 Å². The first kappa shape index (κ1) is 17.4. The van der Waals surface area contributed by atoms with Crippen molar-refractivity contribution in [1.29, 1.82) is 0 Å². The molecule has 1 N–H and O–H groups in total. The summed E-state index contributed by atoms with van der Waals surface area (Å²) >= 11 is 0. The summed E-state index contributed by atoms with van der Waals surface area (Å²) in [5.41, 5.74) is 1.75. The molecule has 1 aromatic rings. The average molecular weight is 344 g/mol. The van der Waals surface area contributed by atoms with Crippen LogP contribution < -0.4 is 10.2 Å². The molecule has 134 valence electrons. The maximum Gasteiger partial charge on any atom is 0.249 e. The third-order valence-corrected chi connectivity index (χ3v) is 4.95. The van der Waals surface area contributed by atoms with Crippen molar-refractivity contribution in [2.45, 2.75) is 44.6 Å². The predicted octanol–water partition coefficient (Wildman–Crippen LogP) is 0.878. The molecule has 2 saturated heterocycles. The molecule has 1 aromatic heterocycles. The Morgan fingerprint density at radius 1 is 1.32 bits per heavy atom. The van der Waals surface area contributed by atoms with E-state index in [-0.39, 0.29) is 24.7 Å². The van der Waals surface area contributed by atoms with Crippen molar-refractivity contribution in [1.82, 2.24) is 15.2 Å². The Labute approximate surface area is 147 Å². The summed E-state index contributed by atoms with van der Waals surface area (Å²) in [4.78, 5) is 44.0. The molecule has 0 saturated carbocycles. The molecule has 3 amide bonds. The molecule has 3 rings (SSSR count). The quantitative estimate of drug-likeness (QED) is 0.820. The number of hydrogen-bond acceptors (Lipinski definition) is 5. The molecule has 7 heteroatoms. The van der Waals surface area contributed by atoms with Crippen LogP contribution in [0.15, 0.2) is 18.3 Å². The number of amides is 3. The minimum Gasteiger partial charge on any atom is -0.370 e. The normalized spacial score (nSPS) is 21.0. The van der Waals surface area contributed by atoms with Crippen LogP contribution in [0, 0.1) is 0 Å². The van der Waals surface area contributed by atoms with Gasteiger partial charge in [-0.1, -0.05) is 0 Å². The van der Waals surface area contributed by atoms with Crippen molar-refractivity contribution in [2.24, 2.45) is 0 Å². The number of carbonyl (C=O) groups is 3. The standard InChI is InChI=1S/C18H24N4O3/c1-21(15-7-8-16(23)20-18(15)25)17(24)12-13-14(6-5-9-19-13)22-10-3-2-4-11-22/h5-6,9,15H,2-4,7-8,10-12H2,1H3,(H,20,23,25). The first-order valence-corrected chi connectivity index (χ1v) is 8.84. The first-order valence-electron chi connectivity index (χ1n) is 8.84. The fourth-order valence-corrected chi connectivity index (χ4v) is 3.48. The van der Waals surface area contributed by atoms with Gasteiger partial charge in [0.15, 0.2) is 0 Å². The van der Waals surface area contributed by atoms with E-state index in [1.165, 1.54) is 11.3 Å². The Hall–Kier alpha value is -2.44.